The molecule has 9 heteroatoms. The van der Waals surface area contributed by atoms with Crippen molar-refractivity contribution in [1.29, 1.82) is 0 Å². The second-order valence-corrected chi connectivity index (χ2v) is 10.0. The van der Waals surface area contributed by atoms with Gasteiger partial charge in [0.2, 0.25) is 5.91 Å². The Labute approximate surface area is 176 Å². The number of sulfone groups is 1. The summed E-state index contributed by atoms with van der Waals surface area (Å²) in [5.41, 5.74) is 1.15. The fourth-order valence-corrected chi connectivity index (χ4v) is 4.29. The van der Waals surface area contributed by atoms with Crippen LogP contribution < -0.4 is 10.6 Å². The molecule has 1 aliphatic carbocycles. The normalized spacial score (nSPS) is 13.8. The van der Waals surface area contributed by atoms with E-state index in [2.05, 4.69) is 26.6 Å². The van der Waals surface area contributed by atoms with Crippen LogP contribution in [0.4, 0.5) is 5.69 Å². The number of amides is 2. The van der Waals surface area contributed by atoms with E-state index in [1.54, 1.807) is 24.3 Å². The molecule has 1 saturated carbocycles. The van der Waals surface area contributed by atoms with Crippen LogP contribution in [-0.2, 0) is 20.4 Å². The van der Waals surface area contributed by atoms with Crippen LogP contribution in [0.2, 0.25) is 5.02 Å². The lowest BCUT2D eigenvalue weighted by molar-refractivity contribution is -0.113. The van der Waals surface area contributed by atoms with Gasteiger partial charge >= 0.3 is 0 Å². The first-order chi connectivity index (χ1) is 13.2. The molecule has 2 amide bonds. The number of halogens is 2. The van der Waals surface area contributed by atoms with Crippen LogP contribution in [0.15, 0.2) is 46.9 Å². The van der Waals surface area contributed by atoms with Crippen LogP contribution in [0.25, 0.3) is 0 Å². The summed E-state index contributed by atoms with van der Waals surface area (Å²) in [7, 11) is -3.64. The Morgan fingerprint density at radius 2 is 1.79 bits per heavy atom. The van der Waals surface area contributed by atoms with Crippen molar-refractivity contribution in [3.8, 4) is 0 Å². The summed E-state index contributed by atoms with van der Waals surface area (Å²) in [4.78, 5) is 24.4. The molecule has 0 saturated heterocycles. The third-order valence-electron chi connectivity index (χ3n) is 4.06. The van der Waals surface area contributed by atoms with Gasteiger partial charge in [0.05, 0.1) is 16.3 Å². The standard InChI is InChI=1S/C19H18BrClN2O4S/c20-13-3-1-12(2-4-13)10-28(26,27)11-18(24)22-15-7-8-17(21)16(9-15)19(25)23-14-5-6-14/h1-4,7-9,14H,5-6,10-11H2,(H,22,24)(H,23,25). The third-order valence-corrected chi connectivity index (χ3v) is 6.39. The van der Waals surface area contributed by atoms with Gasteiger partial charge in [-0.15, -0.1) is 0 Å². The first-order valence-corrected chi connectivity index (χ1v) is 11.6. The summed E-state index contributed by atoms with van der Waals surface area (Å²) < 4.78 is 25.4. The Kier molecular flexibility index (Phi) is 6.42. The average molecular weight is 486 g/mol. The molecule has 2 N–H and O–H groups in total. The molecule has 0 aromatic heterocycles. The highest BCUT2D eigenvalue weighted by atomic mass is 79.9. The van der Waals surface area contributed by atoms with Crippen LogP contribution in [0, 0.1) is 0 Å². The average Bonchev–Trinajstić information content (AvgIpc) is 3.41. The molecule has 1 fully saturated rings. The van der Waals surface area contributed by atoms with E-state index in [1.807, 2.05) is 0 Å². The molecule has 3 rings (SSSR count). The number of hydrogen-bond acceptors (Lipinski definition) is 4. The Morgan fingerprint density at radius 1 is 1.11 bits per heavy atom. The molecule has 0 aliphatic heterocycles. The monoisotopic (exact) mass is 484 g/mol. The Morgan fingerprint density at radius 3 is 2.43 bits per heavy atom. The second kappa shape index (κ2) is 8.63. The zero-order chi connectivity index (χ0) is 20.3. The molecular formula is C19H18BrClN2O4S. The van der Waals surface area contributed by atoms with Crippen molar-refractivity contribution in [2.45, 2.75) is 24.6 Å². The first kappa shape index (κ1) is 20.8. The van der Waals surface area contributed by atoms with Gasteiger partial charge in [0.25, 0.3) is 5.91 Å². The molecule has 28 heavy (non-hydrogen) atoms. The molecule has 6 nitrogen and oxygen atoms in total. The lowest BCUT2D eigenvalue weighted by Gasteiger charge is -2.10. The maximum Gasteiger partial charge on any atom is 0.253 e. The quantitative estimate of drug-likeness (QED) is 0.627. The highest BCUT2D eigenvalue weighted by Crippen LogP contribution is 2.24. The van der Waals surface area contributed by atoms with Gasteiger partial charge in [-0.1, -0.05) is 39.7 Å². The van der Waals surface area contributed by atoms with E-state index in [4.69, 9.17) is 11.6 Å². The molecule has 148 valence electrons. The fraction of sp³-hybridized carbons (Fsp3) is 0.263. The first-order valence-electron chi connectivity index (χ1n) is 8.57. The minimum absolute atomic E-state index is 0.172. The number of anilines is 1. The zero-order valence-corrected chi connectivity index (χ0v) is 17.9. The van der Waals surface area contributed by atoms with Crippen molar-refractivity contribution in [2.75, 3.05) is 11.1 Å². The lowest BCUT2D eigenvalue weighted by Crippen LogP contribution is -2.26. The summed E-state index contributed by atoms with van der Waals surface area (Å²) in [5.74, 6) is -1.88. The van der Waals surface area contributed by atoms with Crippen LogP contribution in [0.3, 0.4) is 0 Å². The zero-order valence-electron chi connectivity index (χ0n) is 14.7. The summed E-state index contributed by atoms with van der Waals surface area (Å²) in [6.45, 7) is 0. The maximum absolute atomic E-state index is 12.3. The summed E-state index contributed by atoms with van der Waals surface area (Å²) >= 11 is 9.36. The molecule has 0 radical (unpaired) electrons. The number of hydrogen-bond donors (Lipinski definition) is 2. The van der Waals surface area contributed by atoms with Crippen molar-refractivity contribution < 1.29 is 18.0 Å². The van der Waals surface area contributed by atoms with Gasteiger partial charge in [-0.3, -0.25) is 9.59 Å². The molecule has 1 aliphatic rings. The molecule has 0 atom stereocenters. The van der Waals surface area contributed by atoms with E-state index in [9.17, 15) is 18.0 Å². The summed E-state index contributed by atoms with van der Waals surface area (Å²) in [6.07, 6.45) is 1.88. The third kappa shape index (κ3) is 6.05. The van der Waals surface area contributed by atoms with E-state index < -0.39 is 21.5 Å². The maximum atomic E-state index is 12.3. The van der Waals surface area contributed by atoms with Gasteiger partial charge in [-0.2, -0.15) is 0 Å². The Bertz CT molecular complexity index is 1010. The summed E-state index contributed by atoms with van der Waals surface area (Å²) in [6, 6.07) is 11.5. The van der Waals surface area contributed by atoms with E-state index >= 15 is 0 Å². The number of carbonyl (C=O) groups is 2. The van der Waals surface area contributed by atoms with Gasteiger partial charge in [0.1, 0.15) is 5.75 Å². The van der Waals surface area contributed by atoms with Crippen molar-refractivity contribution in [1.82, 2.24) is 5.32 Å². The molecule has 0 bridgehead atoms. The number of rotatable bonds is 7. The predicted octanol–water partition coefficient (Wildman–Crippen LogP) is 3.55. The topological polar surface area (TPSA) is 92.3 Å². The number of benzene rings is 2. The highest BCUT2D eigenvalue weighted by molar-refractivity contribution is 9.10. The molecular weight excluding hydrogens is 468 g/mol. The van der Waals surface area contributed by atoms with Crippen LogP contribution in [0.5, 0.6) is 0 Å². The number of carbonyl (C=O) groups excluding carboxylic acids is 2. The van der Waals surface area contributed by atoms with Gasteiger partial charge in [0.15, 0.2) is 9.84 Å². The largest absolute Gasteiger partial charge is 0.349 e. The smallest absolute Gasteiger partial charge is 0.253 e. The molecule has 0 spiro atoms. The van der Waals surface area contributed by atoms with Crippen molar-refractivity contribution in [3.63, 3.8) is 0 Å². The SMILES string of the molecule is O=C(CS(=O)(=O)Cc1ccc(Br)cc1)Nc1ccc(Cl)c(C(=O)NC2CC2)c1. The van der Waals surface area contributed by atoms with E-state index in [1.165, 1.54) is 18.2 Å². The van der Waals surface area contributed by atoms with Gasteiger partial charge in [-0.25, -0.2) is 8.42 Å². The van der Waals surface area contributed by atoms with Crippen LogP contribution in [0.1, 0.15) is 28.8 Å². The summed E-state index contributed by atoms with van der Waals surface area (Å²) in [5, 5.41) is 5.61. The van der Waals surface area contributed by atoms with E-state index in [0.29, 0.717) is 11.3 Å². The Balaban J connectivity index is 1.63. The molecule has 0 unspecified atom stereocenters. The van der Waals surface area contributed by atoms with Gasteiger partial charge < -0.3 is 10.6 Å². The van der Waals surface area contributed by atoms with Crippen LogP contribution >= 0.6 is 27.5 Å². The highest BCUT2D eigenvalue weighted by Gasteiger charge is 2.25. The van der Waals surface area contributed by atoms with Crippen molar-refractivity contribution in [3.05, 3.63) is 63.1 Å². The predicted molar refractivity (Wildman–Crippen MR) is 112 cm³/mol. The van der Waals surface area contributed by atoms with Gasteiger partial charge in [-0.05, 0) is 48.7 Å². The van der Waals surface area contributed by atoms with E-state index in [0.717, 1.165) is 17.3 Å². The molecule has 2 aromatic rings. The van der Waals surface area contributed by atoms with Crippen LogP contribution in [-0.4, -0.2) is 32.0 Å². The number of nitrogens with one attached hydrogen (secondary N) is 2. The van der Waals surface area contributed by atoms with Gasteiger partial charge in [0, 0.05) is 16.2 Å². The second-order valence-electron chi connectivity index (χ2n) is 6.65. The van der Waals surface area contributed by atoms with Crippen molar-refractivity contribution in [2.24, 2.45) is 0 Å². The van der Waals surface area contributed by atoms with E-state index in [-0.39, 0.29) is 28.3 Å². The minimum Gasteiger partial charge on any atom is -0.349 e. The Hall–Kier alpha value is -1.90. The lowest BCUT2D eigenvalue weighted by atomic mass is 10.2. The molecule has 0 heterocycles. The van der Waals surface area contributed by atoms with Crippen molar-refractivity contribution >= 4 is 54.9 Å². The fourth-order valence-electron chi connectivity index (χ4n) is 2.55. The molecule has 2 aromatic carbocycles. The minimum atomic E-state index is -3.64.